The largest absolute Gasteiger partial charge is 0.385 e. The number of aromatic nitrogens is 2. The minimum atomic E-state index is -0.130. The van der Waals surface area contributed by atoms with Crippen molar-refractivity contribution in [3.05, 3.63) is 47.1 Å². The zero-order valence-electron chi connectivity index (χ0n) is 11.2. The van der Waals surface area contributed by atoms with E-state index >= 15 is 0 Å². The molecule has 5 heteroatoms. The number of methoxy groups -OCH3 is 1. The lowest BCUT2D eigenvalue weighted by Crippen LogP contribution is -2.17. The predicted molar refractivity (Wildman–Crippen MR) is 76.0 cm³/mol. The number of hydrogen-bond acceptors (Lipinski definition) is 3. The van der Waals surface area contributed by atoms with Gasteiger partial charge >= 0.3 is 5.69 Å². The fraction of sp³-hybridized carbons (Fsp3) is 0.357. The molecule has 0 saturated carbocycles. The van der Waals surface area contributed by atoms with Crippen LogP contribution in [-0.4, -0.2) is 29.3 Å². The van der Waals surface area contributed by atoms with Gasteiger partial charge in [0.2, 0.25) is 0 Å². The summed E-state index contributed by atoms with van der Waals surface area (Å²) in [6.07, 6.45) is 4.29. The van der Waals surface area contributed by atoms with E-state index in [0.717, 1.165) is 24.4 Å². The average molecular weight is 261 g/mol. The second kappa shape index (κ2) is 6.24. The molecule has 102 valence electrons. The maximum Gasteiger partial charge on any atom is 0.330 e. The van der Waals surface area contributed by atoms with Crippen LogP contribution < -0.4 is 11.0 Å². The Bertz CT molecular complexity index is 557. The minimum Gasteiger partial charge on any atom is -0.385 e. The van der Waals surface area contributed by atoms with Crippen LogP contribution in [0.2, 0.25) is 0 Å². The van der Waals surface area contributed by atoms with Crippen LogP contribution in [0.15, 0.2) is 41.5 Å². The van der Waals surface area contributed by atoms with E-state index in [1.165, 1.54) is 0 Å². The van der Waals surface area contributed by atoms with Gasteiger partial charge in [-0.25, -0.2) is 4.79 Å². The van der Waals surface area contributed by atoms with Crippen LogP contribution in [0.25, 0.3) is 5.69 Å². The Morgan fingerprint density at radius 2 is 2.11 bits per heavy atom. The molecule has 1 heterocycles. The Kier molecular flexibility index (Phi) is 4.41. The first-order chi connectivity index (χ1) is 9.20. The molecular weight excluding hydrogens is 242 g/mol. The van der Waals surface area contributed by atoms with Gasteiger partial charge in [-0.2, -0.15) is 0 Å². The number of imidazole rings is 1. The molecule has 0 aliphatic carbocycles. The second-order valence-electron chi connectivity index (χ2n) is 4.51. The average Bonchev–Trinajstić information content (AvgIpc) is 2.83. The van der Waals surface area contributed by atoms with E-state index in [1.54, 1.807) is 24.1 Å². The Labute approximate surface area is 112 Å². The highest BCUT2D eigenvalue weighted by Crippen LogP contribution is 2.13. The molecule has 0 bridgehead atoms. The van der Waals surface area contributed by atoms with Gasteiger partial charge in [-0.05, 0) is 37.6 Å². The fourth-order valence-electron chi connectivity index (χ4n) is 1.89. The van der Waals surface area contributed by atoms with Crippen molar-refractivity contribution in [3.63, 3.8) is 0 Å². The SMILES string of the molecule is COCCC(C)Nc1ccc(-n2cc[nH]c2=O)cc1. The highest BCUT2D eigenvalue weighted by atomic mass is 16.5. The summed E-state index contributed by atoms with van der Waals surface area (Å²) in [6, 6.07) is 8.12. The summed E-state index contributed by atoms with van der Waals surface area (Å²) in [6.45, 7) is 2.86. The summed E-state index contributed by atoms with van der Waals surface area (Å²) in [5, 5.41) is 3.39. The van der Waals surface area contributed by atoms with Crippen LogP contribution >= 0.6 is 0 Å². The maximum atomic E-state index is 11.5. The molecule has 0 fully saturated rings. The van der Waals surface area contributed by atoms with E-state index in [4.69, 9.17) is 4.74 Å². The third-order valence-electron chi connectivity index (χ3n) is 2.96. The number of H-pyrrole nitrogens is 1. The molecule has 1 aromatic heterocycles. The van der Waals surface area contributed by atoms with Crippen LogP contribution in [0.4, 0.5) is 5.69 Å². The molecule has 0 amide bonds. The van der Waals surface area contributed by atoms with Gasteiger partial charge in [0.15, 0.2) is 0 Å². The van der Waals surface area contributed by atoms with Crippen LogP contribution in [0.1, 0.15) is 13.3 Å². The van der Waals surface area contributed by atoms with Crippen molar-refractivity contribution in [2.45, 2.75) is 19.4 Å². The second-order valence-corrected chi connectivity index (χ2v) is 4.51. The number of benzene rings is 1. The summed E-state index contributed by atoms with van der Waals surface area (Å²) in [7, 11) is 1.70. The molecule has 0 spiro atoms. The molecule has 2 N–H and O–H groups in total. The van der Waals surface area contributed by atoms with Crippen molar-refractivity contribution in [3.8, 4) is 5.69 Å². The molecule has 19 heavy (non-hydrogen) atoms. The predicted octanol–water partition coefficient (Wildman–Crippen LogP) is 2.00. The normalized spacial score (nSPS) is 12.3. The highest BCUT2D eigenvalue weighted by Gasteiger charge is 2.03. The molecule has 2 rings (SSSR count). The minimum absolute atomic E-state index is 0.130. The van der Waals surface area contributed by atoms with Crippen molar-refractivity contribution in [1.82, 2.24) is 9.55 Å². The van der Waals surface area contributed by atoms with Crippen LogP contribution in [0.3, 0.4) is 0 Å². The fourth-order valence-corrected chi connectivity index (χ4v) is 1.89. The standard InChI is InChI=1S/C14H19N3O2/c1-11(7-10-19-2)16-12-3-5-13(6-4-12)17-9-8-15-14(17)18/h3-6,8-9,11,16H,7,10H2,1-2H3,(H,15,18). The van der Waals surface area contributed by atoms with E-state index in [2.05, 4.69) is 17.2 Å². The maximum absolute atomic E-state index is 11.5. The number of anilines is 1. The molecule has 0 saturated heterocycles. The number of nitrogens with one attached hydrogen (secondary N) is 2. The molecule has 2 aromatic rings. The smallest absolute Gasteiger partial charge is 0.330 e. The zero-order valence-corrected chi connectivity index (χ0v) is 11.2. The summed E-state index contributed by atoms with van der Waals surface area (Å²) in [4.78, 5) is 14.1. The van der Waals surface area contributed by atoms with Crippen LogP contribution in [0.5, 0.6) is 0 Å². The molecule has 0 radical (unpaired) electrons. The Morgan fingerprint density at radius 1 is 1.37 bits per heavy atom. The van der Waals surface area contributed by atoms with Crippen molar-refractivity contribution < 1.29 is 4.74 Å². The van der Waals surface area contributed by atoms with E-state index in [1.807, 2.05) is 24.3 Å². The summed E-state index contributed by atoms with van der Waals surface area (Å²) in [5.74, 6) is 0. The van der Waals surface area contributed by atoms with E-state index in [0.29, 0.717) is 6.04 Å². The third-order valence-corrected chi connectivity index (χ3v) is 2.96. The van der Waals surface area contributed by atoms with Gasteiger partial charge in [0.1, 0.15) is 0 Å². The summed E-state index contributed by atoms with van der Waals surface area (Å²) in [5.41, 5.74) is 1.76. The van der Waals surface area contributed by atoms with Gasteiger partial charge in [0.05, 0.1) is 5.69 Å². The number of ether oxygens (including phenoxy) is 1. The lowest BCUT2D eigenvalue weighted by molar-refractivity contribution is 0.191. The first kappa shape index (κ1) is 13.4. The quantitative estimate of drug-likeness (QED) is 0.836. The van der Waals surface area contributed by atoms with Gasteiger partial charge in [0, 0.05) is 37.8 Å². The molecular formula is C14H19N3O2. The van der Waals surface area contributed by atoms with Crippen molar-refractivity contribution in [2.75, 3.05) is 19.0 Å². The van der Waals surface area contributed by atoms with Gasteiger partial charge in [-0.1, -0.05) is 0 Å². The summed E-state index contributed by atoms with van der Waals surface area (Å²) < 4.78 is 6.62. The number of aromatic amines is 1. The molecule has 1 atom stereocenters. The monoisotopic (exact) mass is 261 g/mol. The Balaban J connectivity index is 2.03. The molecule has 1 unspecified atom stereocenters. The van der Waals surface area contributed by atoms with E-state index in [-0.39, 0.29) is 5.69 Å². The highest BCUT2D eigenvalue weighted by molar-refractivity contribution is 5.49. The number of nitrogens with zero attached hydrogens (tertiary/aromatic N) is 1. The van der Waals surface area contributed by atoms with Crippen LogP contribution in [-0.2, 0) is 4.74 Å². The van der Waals surface area contributed by atoms with Crippen molar-refractivity contribution in [1.29, 1.82) is 0 Å². The first-order valence-electron chi connectivity index (χ1n) is 6.32. The number of rotatable bonds is 6. The molecule has 1 aromatic carbocycles. The Hall–Kier alpha value is -2.01. The van der Waals surface area contributed by atoms with Gasteiger partial charge in [0.25, 0.3) is 0 Å². The van der Waals surface area contributed by atoms with Gasteiger partial charge in [-0.3, -0.25) is 4.57 Å². The zero-order chi connectivity index (χ0) is 13.7. The van der Waals surface area contributed by atoms with Crippen LogP contribution in [0, 0.1) is 0 Å². The third kappa shape index (κ3) is 3.48. The molecule has 0 aliphatic heterocycles. The first-order valence-corrected chi connectivity index (χ1v) is 6.32. The van der Waals surface area contributed by atoms with Gasteiger partial charge in [-0.15, -0.1) is 0 Å². The van der Waals surface area contributed by atoms with Crippen molar-refractivity contribution in [2.24, 2.45) is 0 Å². The van der Waals surface area contributed by atoms with Crippen molar-refractivity contribution >= 4 is 5.69 Å². The lowest BCUT2D eigenvalue weighted by atomic mass is 10.2. The molecule has 0 aliphatic rings. The summed E-state index contributed by atoms with van der Waals surface area (Å²) >= 11 is 0. The lowest BCUT2D eigenvalue weighted by Gasteiger charge is -2.15. The van der Waals surface area contributed by atoms with Gasteiger partial charge < -0.3 is 15.0 Å². The number of hydrogen-bond donors (Lipinski definition) is 2. The topological polar surface area (TPSA) is 59.0 Å². The van der Waals surface area contributed by atoms with E-state index in [9.17, 15) is 4.79 Å². The Morgan fingerprint density at radius 3 is 2.68 bits per heavy atom. The van der Waals surface area contributed by atoms with E-state index < -0.39 is 0 Å². The molecule has 5 nitrogen and oxygen atoms in total.